The molecule has 0 saturated carbocycles. The summed E-state index contributed by atoms with van der Waals surface area (Å²) >= 11 is 0. The van der Waals surface area contributed by atoms with Gasteiger partial charge in [0.2, 0.25) is 0 Å². The van der Waals surface area contributed by atoms with Crippen LogP contribution in [0.15, 0.2) is 47.1 Å². The van der Waals surface area contributed by atoms with Gasteiger partial charge in [-0.3, -0.25) is 9.36 Å². The van der Waals surface area contributed by atoms with Crippen LogP contribution in [-0.2, 0) is 6.42 Å². The monoisotopic (exact) mass is 253 g/mol. The van der Waals surface area contributed by atoms with Gasteiger partial charge in [0.1, 0.15) is 0 Å². The molecule has 0 saturated heterocycles. The molecule has 2 aromatic rings. The van der Waals surface area contributed by atoms with Crippen LogP contribution < -0.4 is 5.56 Å². The lowest BCUT2D eigenvalue weighted by Gasteiger charge is -2.11. The predicted octanol–water partition coefficient (Wildman–Crippen LogP) is 3.99. The molecule has 0 unspecified atom stereocenters. The number of rotatable bonds is 2. The van der Waals surface area contributed by atoms with Crippen LogP contribution in [-0.4, -0.2) is 4.57 Å². The second kappa shape index (κ2) is 5.73. The molecule has 3 rings (SSSR count). The van der Waals surface area contributed by atoms with Crippen LogP contribution in [0.1, 0.15) is 32.8 Å². The quantitative estimate of drug-likeness (QED) is 0.742. The number of allylic oxidation sites excluding steroid dienone is 1. The highest BCUT2D eigenvalue weighted by Gasteiger charge is 2.08. The minimum atomic E-state index is 0.0633. The van der Waals surface area contributed by atoms with Crippen LogP contribution in [0, 0.1) is 0 Å². The molecule has 0 bridgehead atoms. The third-order valence-electron chi connectivity index (χ3n) is 3.23. The van der Waals surface area contributed by atoms with Crippen LogP contribution in [0.4, 0.5) is 0 Å². The topological polar surface area (TPSA) is 22.0 Å². The second-order valence-corrected chi connectivity index (χ2v) is 4.27. The maximum atomic E-state index is 12.3. The first-order chi connectivity index (χ1) is 9.29. The zero-order chi connectivity index (χ0) is 13.8. The highest BCUT2D eigenvalue weighted by Crippen LogP contribution is 2.17. The van der Waals surface area contributed by atoms with Gasteiger partial charge >= 0.3 is 0 Å². The van der Waals surface area contributed by atoms with Crippen molar-refractivity contribution in [2.45, 2.75) is 33.6 Å². The van der Waals surface area contributed by atoms with E-state index >= 15 is 0 Å². The third kappa shape index (κ3) is 2.40. The van der Waals surface area contributed by atoms with E-state index in [1.54, 1.807) is 4.57 Å². The van der Waals surface area contributed by atoms with E-state index in [-0.39, 0.29) is 5.56 Å². The van der Waals surface area contributed by atoms with Gasteiger partial charge in [-0.05, 0) is 35.6 Å². The predicted molar refractivity (Wildman–Crippen MR) is 81.3 cm³/mol. The van der Waals surface area contributed by atoms with Crippen molar-refractivity contribution in [3.63, 3.8) is 0 Å². The molecule has 0 amide bonds. The maximum absolute atomic E-state index is 12.3. The summed E-state index contributed by atoms with van der Waals surface area (Å²) < 4.78 is 1.70. The van der Waals surface area contributed by atoms with Crippen molar-refractivity contribution in [1.82, 2.24) is 4.57 Å². The number of fused-ring (bicyclic) bond motifs is 1. The molecular weight excluding hydrogens is 234 g/mol. The Kier molecular flexibility index (Phi) is 4.03. The molecule has 1 aliphatic rings. The first-order valence-electron chi connectivity index (χ1n) is 6.88. The molecule has 0 fully saturated rings. The molecule has 1 heterocycles. The fourth-order valence-electron chi connectivity index (χ4n) is 2.08. The second-order valence-electron chi connectivity index (χ2n) is 4.27. The lowest BCUT2D eigenvalue weighted by Crippen LogP contribution is -2.19. The van der Waals surface area contributed by atoms with Gasteiger partial charge in [0.05, 0.1) is 5.70 Å². The van der Waals surface area contributed by atoms with Crippen LogP contribution in [0.5, 0.6) is 0 Å². The summed E-state index contributed by atoms with van der Waals surface area (Å²) in [5.74, 6) is 0. The number of benzene rings is 1. The molecular formula is C17H19NO. The van der Waals surface area contributed by atoms with Crippen molar-refractivity contribution < 1.29 is 0 Å². The molecule has 0 N–H and O–H groups in total. The molecule has 1 aliphatic carbocycles. The number of pyridine rings is 1. The largest absolute Gasteiger partial charge is 0.280 e. The number of aromatic nitrogens is 1. The number of aryl methyl sites for hydroxylation is 1. The van der Waals surface area contributed by atoms with E-state index in [9.17, 15) is 4.79 Å². The van der Waals surface area contributed by atoms with Gasteiger partial charge in [0, 0.05) is 18.0 Å². The number of nitrogens with zero attached hydrogens (tertiary/aromatic N) is 1. The first-order valence-corrected chi connectivity index (χ1v) is 6.88. The Labute approximate surface area is 113 Å². The Morgan fingerprint density at radius 1 is 1.26 bits per heavy atom. The van der Waals surface area contributed by atoms with Gasteiger partial charge in [-0.25, -0.2) is 0 Å². The van der Waals surface area contributed by atoms with Crippen LogP contribution in [0.2, 0.25) is 0 Å². The molecule has 1 aromatic heterocycles. The van der Waals surface area contributed by atoms with E-state index in [0.717, 1.165) is 29.3 Å². The molecule has 1 aromatic carbocycles. The Morgan fingerprint density at radius 3 is 2.58 bits per heavy atom. The summed E-state index contributed by atoms with van der Waals surface area (Å²) in [4.78, 5) is 12.3. The Morgan fingerprint density at radius 2 is 2.00 bits per heavy atom. The van der Waals surface area contributed by atoms with E-state index in [2.05, 4.69) is 18.7 Å². The number of hydrogen-bond acceptors (Lipinski definition) is 1. The van der Waals surface area contributed by atoms with Crippen molar-refractivity contribution in [3.05, 3.63) is 58.2 Å². The smallest absolute Gasteiger partial charge is 0.263 e. The van der Waals surface area contributed by atoms with E-state index in [1.165, 1.54) is 5.56 Å². The molecule has 0 spiro atoms. The van der Waals surface area contributed by atoms with E-state index in [0.29, 0.717) is 0 Å². The van der Waals surface area contributed by atoms with Crippen LogP contribution in [0.25, 0.3) is 16.5 Å². The minimum absolute atomic E-state index is 0.0633. The van der Waals surface area contributed by atoms with Crippen molar-refractivity contribution in [1.29, 1.82) is 0 Å². The Hall–Kier alpha value is -2.05. The van der Waals surface area contributed by atoms with Crippen molar-refractivity contribution in [3.8, 4) is 0 Å². The van der Waals surface area contributed by atoms with E-state index < -0.39 is 0 Å². The molecule has 98 valence electrons. The average molecular weight is 253 g/mol. The third-order valence-corrected chi connectivity index (χ3v) is 3.23. The van der Waals surface area contributed by atoms with Gasteiger partial charge in [0.25, 0.3) is 5.56 Å². The van der Waals surface area contributed by atoms with Gasteiger partial charge in [0.15, 0.2) is 0 Å². The summed E-state index contributed by atoms with van der Waals surface area (Å²) in [6, 6.07) is 8.08. The average Bonchev–Trinajstić information content (AvgIpc) is 2.42. The first kappa shape index (κ1) is 13.4. The SMILES string of the molecule is CC.CCc1ccc2ccn(C3=C=CC3)c(=O)c2c1. The molecule has 2 heteroatoms. The van der Waals surface area contributed by atoms with Crippen molar-refractivity contribution >= 4 is 16.5 Å². The van der Waals surface area contributed by atoms with Crippen molar-refractivity contribution in [2.75, 3.05) is 0 Å². The van der Waals surface area contributed by atoms with Crippen molar-refractivity contribution in [2.24, 2.45) is 0 Å². The summed E-state index contributed by atoms with van der Waals surface area (Å²) in [5, 5.41) is 1.81. The highest BCUT2D eigenvalue weighted by atomic mass is 16.1. The summed E-state index contributed by atoms with van der Waals surface area (Å²) in [6.07, 6.45) is 5.56. The normalized spacial score (nSPS) is 12.5. The molecule has 19 heavy (non-hydrogen) atoms. The lowest BCUT2D eigenvalue weighted by molar-refractivity contribution is 0.981. The van der Waals surface area contributed by atoms with Gasteiger partial charge in [-0.1, -0.05) is 32.9 Å². The fraction of sp³-hybridized carbons (Fsp3) is 0.294. The number of hydrogen-bond donors (Lipinski definition) is 0. The van der Waals surface area contributed by atoms with Gasteiger partial charge < -0.3 is 0 Å². The fourth-order valence-corrected chi connectivity index (χ4v) is 2.08. The molecule has 0 aliphatic heterocycles. The lowest BCUT2D eigenvalue weighted by atomic mass is 10.1. The Bertz CT molecular complexity index is 716. The zero-order valence-corrected chi connectivity index (χ0v) is 11.7. The summed E-state index contributed by atoms with van der Waals surface area (Å²) in [7, 11) is 0. The maximum Gasteiger partial charge on any atom is 0.263 e. The zero-order valence-electron chi connectivity index (χ0n) is 11.7. The van der Waals surface area contributed by atoms with E-state index in [1.807, 2.05) is 44.3 Å². The van der Waals surface area contributed by atoms with Crippen LogP contribution >= 0.6 is 0 Å². The van der Waals surface area contributed by atoms with Gasteiger partial charge in [-0.15, -0.1) is 5.73 Å². The minimum Gasteiger partial charge on any atom is -0.280 e. The van der Waals surface area contributed by atoms with E-state index in [4.69, 9.17) is 0 Å². The summed E-state index contributed by atoms with van der Waals surface area (Å²) in [5.41, 5.74) is 5.27. The molecule has 2 nitrogen and oxygen atoms in total. The summed E-state index contributed by atoms with van der Waals surface area (Å²) in [6.45, 7) is 6.10. The highest BCUT2D eigenvalue weighted by molar-refractivity contribution is 5.83. The molecule has 0 radical (unpaired) electrons. The van der Waals surface area contributed by atoms with Crippen LogP contribution in [0.3, 0.4) is 0 Å². The van der Waals surface area contributed by atoms with Gasteiger partial charge in [-0.2, -0.15) is 0 Å². The molecule has 0 atom stereocenters. The standard InChI is InChI=1S/C15H13NO.C2H6/c1-2-11-6-7-12-8-9-16(13-4-3-5-13)15(17)14(12)10-11;1-2/h3,6-10H,2,4H2,1H3;1-2H3. The Balaban J connectivity index is 0.000000637.